The number of hydrogen-bond donors (Lipinski definition) is 2. The molecule has 1 aliphatic rings. The molecule has 0 aliphatic heterocycles. The van der Waals surface area contributed by atoms with Crippen LogP contribution in [0.25, 0.3) is 0 Å². The molecule has 3 nitrogen and oxygen atoms in total. The Hall–Kier alpha value is -0.570. The van der Waals surface area contributed by atoms with E-state index in [-0.39, 0.29) is 0 Å². The van der Waals surface area contributed by atoms with E-state index in [0.29, 0.717) is 12.8 Å². The molecule has 88 valence electrons. The minimum absolute atomic E-state index is 0.406. The molecule has 0 heterocycles. The summed E-state index contributed by atoms with van der Waals surface area (Å²) in [7, 11) is 0. The van der Waals surface area contributed by atoms with Crippen LogP contribution >= 0.6 is 0 Å². The molecule has 0 spiro atoms. The van der Waals surface area contributed by atoms with Crippen LogP contribution in [0.2, 0.25) is 0 Å². The zero-order chi connectivity index (χ0) is 11.5. The second-order valence-corrected chi connectivity index (χ2v) is 5.22. The van der Waals surface area contributed by atoms with E-state index < -0.39 is 17.0 Å². The number of carbonyl (C=O) groups is 1. The highest BCUT2D eigenvalue weighted by molar-refractivity contribution is 5.74. The summed E-state index contributed by atoms with van der Waals surface area (Å²) in [5.41, 5.74) is -1.48. The number of aliphatic hydroxyl groups is 1. The lowest BCUT2D eigenvalue weighted by molar-refractivity contribution is -0.152. The molecule has 0 bridgehead atoms. The van der Waals surface area contributed by atoms with Crippen molar-refractivity contribution in [1.29, 1.82) is 0 Å². The van der Waals surface area contributed by atoms with Gasteiger partial charge in [-0.3, -0.25) is 4.79 Å². The fourth-order valence-electron chi connectivity index (χ4n) is 2.76. The molecule has 0 aromatic heterocycles. The summed E-state index contributed by atoms with van der Waals surface area (Å²) in [6, 6.07) is 0. The third kappa shape index (κ3) is 2.94. The Kier molecular flexibility index (Phi) is 3.77. The summed E-state index contributed by atoms with van der Waals surface area (Å²) in [5, 5.41) is 19.5. The summed E-state index contributed by atoms with van der Waals surface area (Å²) in [6.45, 7) is 3.75. The lowest BCUT2D eigenvalue weighted by Crippen LogP contribution is -2.38. The van der Waals surface area contributed by atoms with Crippen molar-refractivity contribution in [2.45, 2.75) is 64.4 Å². The average Bonchev–Trinajstić information content (AvgIpc) is 2.51. The van der Waals surface area contributed by atoms with Gasteiger partial charge in [0.05, 0.1) is 11.0 Å². The Balaban J connectivity index is 2.69. The van der Waals surface area contributed by atoms with Crippen molar-refractivity contribution >= 4 is 5.97 Å². The third-order valence-electron chi connectivity index (χ3n) is 3.57. The van der Waals surface area contributed by atoms with Crippen LogP contribution < -0.4 is 0 Å². The maximum atomic E-state index is 11.2. The minimum Gasteiger partial charge on any atom is -0.481 e. The molecule has 1 aliphatic carbocycles. The molecule has 0 aromatic rings. The molecule has 0 aromatic carbocycles. The molecule has 1 saturated carbocycles. The predicted octanol–water partition coefficient (Wildman–Crippen LogP) is 2.57. The highest BCUT2D eigenvalue weighted by atomic mass is 16.4. The van der Waals surface area contributed by atoms with Crippen LogP contribution in [0.1, 0.15) is 58.8 Å². The van der Waals surface area contributed by atoms with Gasteiger partial charge in [-0.15, -0.1) is 0 Å². The van der Waals surface area contributed by atoms with E-state index in [1.54, 1.807) is 6.92 Å². The Labute approximate surface area is 91.5 Å². The first kappa shape index (κ1) is 12.5. The smallest absolute Gasteiger partial charge is 0.309 e. The molecule has 1 fully saturated rings. The maximum absolute atomic E-state index is 11.2. The lowest BCUT2D eigenvalue weighted by atomic mass is 9.75. The predicted molar refractivity (Wildman–Crippen MR) is 58.7 cm³/mol. The number of carboxylic acids is 1. The van der Waals surface area contributed by atoms with Crippen molar-refractivity contribution in [1.82, 2.24) is 0 Å². The van der Waals surface area contributed by atoms with Gasteiger partial charge in [-0.2, -0.15) is 0 Å². The molecule has 15 heavy (non-hydrogen) atoms. The van der Waals surface area contributed by atoms with Crippen LogP contribution in [0.4, 0.5) is 0 Å². The summed E-state index contributed by atoms with van der Waals surface area (Å²) in [6.07, 6.45) is 5.47. The SMILES string of the molecule is CCCC(C)(CC1(O)CCCC1)C(=O)O. The molecule has 0 amide bonds. The van der Waals surface area contributed by atoms with Gasteiger partial charge in [-0.1, -0.05) is 26.2 Å². The van der Waals surface area contributed by atoms with E-state index >= 15 is 0 Å². The van der Waals surface area contributed by atoms with E-state index in [2.05, 4.69) is 0 Å². The molecule has 1 rings (SSSR count). The van der Waals surface area contributed by atoms with E-state index in [1.165, 1.54) is 0 Å². The van der Waals surface area contributed by atoms with Gasteiger partial charge in [-0.05, 0) is 32.6 Å². The Morgan fingerprint density at radius 3 is 2.33 bits per heavy atom. The fourth-order valence-corrected chi connectivity index (χ4v) is 2.76. The van der Waals surface area contributed by atoms with Crippen molar-refractivity contribution in [3.05, 3.63) is 0 Å². The molecule has 0 radical (unpaired) electrons. The number of aliphatic carboxylic acids is 1. The van der Waals surface area contributed by atoms with Gasteiger partial charge < -0.3 is 10.2 Å². The van der Waals surface area contributed by atoms with Crippen LogP contribution in [0.3, 0.4) is 0 Å². The summed E-state index contributed by atoms with van der Waals surface area (Å²) >= 11 is 0. The first-order chi connectivity index (χ1) is 6.92. The minimum atomic E-state index is -0.773. The van der Waals surface area contributed by atoms with Crippen LogP contribution in [-0.2, 0) is 4.79 Å². The van der Waals surface area contributed by atoms with Crippen molar-refractivity contribution in [2.75, 3.05) is 0 Å². The van der Waals surface area contributed by atoms with E-state index in [9.17, 15) is 15.0 Å². The zero-order valence-electron chi connectivity index (χ0n) is 9.75. The lowest BCUT2D eigenvalue weighted by Gasteiger charge is -2.33. The van der Waals surface area contributed by atoms with Gasteiger partial charge in [-0.25, -0.2) is 0 Å². The Morgan fingerprint density at radius 1 is 1.40 bits per heavy atom. The first-order valence-corrected chi connectivity index (χ1v) is 5.88. The van der Waals surface area contributed by atoms with Gasteiger partial charge in [0.1, 0.15) is 0 Å². The standard InChI is InChI=1S/C12H22O3/c1-3-6-11(2,10(13)14)9-12(15)7-4-5-8-12/h15H,3-9H2,1-2H3,(H,13,14). The summed E-state index contributed by atoms with van der Waals surface area (Å²) in [4.78, 5) is 11.2. The number of carboxylic acid groups (broad SMARTS) is 1. The van der Waals surface area contributed by atoms with Gasteiger partial charge >= 0.3 is 5.97 Å². The van der Waals surface area contributed by atoms with Gasteiger partial charge in [0.2, 0.25) is 0 Å². The zero-order valence-corrected chi connectivity index (χ0v) is 9.75. The van der Waals surface area contributed by atoms with Gasteiger partial charge in [0.15, 0.2) is 0 Å². The average molecular weight is 214 g/mol. The second-order valence-electron chi connectivity index (χ2n) is 5.22. The molecule has 0 saturated heterocycles. The normalized spacial score (nSPS) is 23.7. The van der Waals surface area contributed by atoms with E-state index in [1.807, 2.05) is 6.92 Å². The topological polar surface area (TPSA) is 57.5 Å². The van der Waals surface area contributed by atoms with Crippen molar-refractivity contribution in [3.8, 4) is 0 Å². The molecule has 1 atom stereocenters. The van der Waals surface area contributed by atoms with Crippen LogP contribution in [0.15, 0.2) is 0 Å². The summed E-state index contributed by atoms with van der Waals surface area (Å²) in [5.74, 6) is -0.773. The largest absolute Gasteiger partial charge is 0.481 e. The third-order valence-corrected chi connectivity index (χ3v) is 3.57. The maximum Gasteiger partial charge on any atom is 0.309 e. The molecule has 3 heteroatoms. The monoisotopic (exact) mass is 214 g/mol. The van der Waals surface area contributed by atoms with Crippen LogP contribution in [-0.4, -0.2) is 21.8 Å². The number of hydrogen-bond acceptors (Lipinski definition) is 2. The molecule has 1 unspecified atom stereocenters. The van der Waals surface area contributed by atoms with Crippen molar-refractivity contribution in [3.63, 3.8) is 0 Å². The van der Waals surface area contributed by atoms with Gasteiger partial charge in [0.25, 0.3) is 0 Å². The van der Waals surface area contributed by atoms with E-state index in [4.69, 9.17) is 0 Å². The molecule has 2 N–H and O–H groups in total. The van der Waals surface area contributed by atoms with Gasteiger partial charge in [0, 0.05) is 0 Å². The summed E-state index contributed by atoms with van der Waals surface area (Å²) < 4.78 is 0. The van der Waals surface area contributed by atoms with E-state index in [0.717, 1.165) is 32.1 Å². The fraction of sp³-hybridized carbons (Fsp3) is 0.917. The van der Waals surface area contributed by atoms with Crippen LogP contribution in [0.5, 0.6) is 0 Å². The highest BCUT2D eigenvalue weighted by Gasteiger charge is 2.42. The quantitative estimate of drug-likeness (QED) is 0.739. The van der Waals surface area contributed by atoms with Crippen LogP contribution in [0, 0.1) is 5.41 Å². The first-order valence-electron chi connectivity index (χ1n) is 5.88. The molecular weight excluding hydrogens is 192 g/mol. The Bertz CT molecular complexity index is 231. The van der Waals surface area contributed by atoms with Crippen molar-refractivity contribution < 1.29 is 15.0 Å². The van der Waals surface area contributed by atoms with Crippen molar-refractivity contribution in [2.24, 2.45) is 5.41 Å². The number of rotatable bonds is 5. The Morgan fingerprint density at radius 2 is 1.93 bits per heavy atom. The highest BCUT2D eigenvalue weighted by Crippen LogP contribution is 2.41. The second kappa shape index (κ2) is 4.52. The molecular formula is C12H22O3.